The molecule has 0 spiro atoms. The van der Waals surface area contributed by atoms with Gasteiger partial charge in [0.1, 0.15) is 0 Å². The number of carbonyl (C=O) groups is 2. The molecule has 2 amide bonds. The Labute approximate surface area is 135 Å². The smallest absolute Gasteiger partial charge is 0.331 e. The third kappa shape index (κ3) is 5.76. The number of alkyl halides is 3. The van der Waals surface area contributed by atoms with Crippen LogP contribution in [0.5, 0.6) is 0 Å². The molecule has 1 aromatic rings. The maximum atomic E-state index is 12.3. The predicted octanol–water partition coefficient (Wildman–Crippen LogP) is 1.71. The zero-order chi connectivity index (χ0) is 16.9. The molecule has 0 bridgehead atoms. The van der Waals surface area contributed by atoms with Gasteiger partial charge in [-0.2, -0.15) is 13.2 Å². The van der Waals surface area contributed by atoms with Crippen molar-refractivity contribution in [2.24, 2.45) is 0 Å². The van der Waals surface area contributed by atoms with E-state index in [9.17, 15) is 22.8 Å². The van der Waals surface area contributed by atoms with E-state index in [1.807, 2.05) is 0 Å². The number of hydrogen-bond acceptors (Lipinski definition) is 4. The van der Waals surface area contributed by atoms with E-state index >= 15 is 0 Å². The van der Waals surface area contributed by atoms with Crippen LogP contribution in [0.3, 0.4) is 0 Å². The van der Waals surface area contributed by atoms with Gasteiger partial charge in [0.15, 0.2) is 0 Å². The molecule has 1 aliphatic heterocycles. The molecular formula is C14H16F3N3O2S. The minimum absolute atomic E-state index is 0.112. The van der Waals surface area contributed by atoms with Crippen molar-refractivity contribution >= 4 is 29.3 Å². The van der Waals surface area contributed by atoms with Crippen LogP contribution in [-0.4, -0.2) is 54.8 Å². The van der Waals surface area contributed by atoms with Crippen molar-refractivity contribution < 1.29 is 22.8 Å². The number of benzene rings is 1. The highest BCUT2D eigenvalue weighted by Gasteiger charge is 2.28. The fourth-order valence-corrected chi connectivity index (χ4v) is 2.80. The molecular weight excluding hydrogens is 331 g/mol. The van der Waals surface area contributed by atoms with E-state index in [1.165, 1.54) is 17.0 Å². The first-order valence-electron chi connectivity index (χ1n) is 6.92. The maximum absolute atomic E-state index is 12.3. The van der Waals surface area contributed by atoms with Crippen molar-refractivity contribution in [3.8, 4) is 0 Å². The van der Waals surface area contributed by atoms with Gasteiger partial charge in [0.2, 0.25) is 11.8 Å². The molecule has 0 radical (unpaired) electrons. The number of carbonyl (C=O) groups excluding carboxylic acids is 2. The van der Waals surface area contributed by atoms with E-state index in [-0.39, 0.29) is 19.0 Å². The number of nitrogens with zero attached hydrogens (tertiary/aromatic N) is 1. The molecule has 126 valence electrons. The zero-order valence-electron chi connectivity index (χ0n) is 12.2. The van der Waals surface area contributed by atoms with Crippen molar-refractivity contribution in [1.82, 2.24) is 10.2 Å². The van der Waals surface area contributed by atoms with Crippen LogP contribution in [0.25, 0.3) is 0 Å². The van der Waals surface area contributed by atoms with Gasteiger partial charge in [0.25, 0.3) is 0 Å². The van der Waals surface area contributed by atoms with Crippen LogP contribution in [0.1, 0.15) is 0 Å². The van der Waals surface area contributed by atoms with Gasteiger partial charge >= 0.3 is 6.18 Å². The molecule has 0 aliphatic carbocycles. The van der Waals surface area contributed by atoms with E-state index in [2.05, 4.69) is 10.6 Å². The average molecular weight is 347 g/mol. The Hall–Kier alpha value is -1.74. The van der Waals surface area contributed by atoms with Crippen LogP contribution in [0.2, 0.25) is 0 Å². The molecule has 1 saturated heterocycles. The van der Waals surface area contributed by atoms with Gasteiger partial charge in [-0.05, 0) is 12.1 Å². The van der Waals surface area contributed by atoms with Crippen LogP contribution in [0.4, 0.5) is 18.9 Å². The van der Waals surface area contributed by atoms with Gasteiger partial charge < -0.3 is 15.5 Å². The lowest BCUT2D eigenvalue weighted by atomic mass is 10.3. The van der Waals surface area contributed by atoms with Crippen molar-refractivity contribution in [3.63, 3.8) is 0 Å². The topological polar surface area (TPSA) is 61.4 Å². The van der Waals surface area contributed by atoms with Crippen LogP contribution in [0.15, 0.2) is 29.2 Å². The zero-order valence-corrected chi connectivity index (χ0v) is 13.0. The summed E-state index contributed by atoms with van der Waals surface area (Å²) in [5, 5.41) is 5.47. The number of hydrogen-bond donors (Lipinski definition) is 2. The Morgan fingerprint density at radius 3 is 2.78 bits per heavy atom. The quantitative estimate of drug-likeness (QED) is 0.796. The highest BCUT2D eigenvalue weighted by molar-refractivity contribution is 7.99. The summed E-state index contributed by atoms with van der Waals surface area (Å²) >= 11 is 0.612. The molecule has 1 heterocycles. The minimum Gasteiger partial charge on any atom is -0.331 e. The van der Waals surface area contributed by atoms with E-state index in [4.69, 9.17) is 0 Å². The van der Waals surface area contributed by atoms with Crippen molar-refractivity contribution in [2.75, 3.05) is 37.2 Å². The fourth-order valence-electron chi connectivity index (χ4n) is 2.03. The third-order valence-corrected chi connectivity index (χ3v) is 4.21. The molecule has 0 saturated carbocycles. The lowest BCUT2D eigenvalue weighted by molar-refractivity contribution is -0.135. The standard InChI is InChI=1S/C14H16F3N3O2S/c15-14(16,17)9-23-11-4-2-1-3-10(11)19-12(21)8-20-6-5-18-7-13(20)22/h1-4,18H,5-9H2,(H,19,21). The van der Waals surface area contributed by atoms with Gasteiger partial charge in [-0.3, -0.25) is 9.59 Å². The second-order valence-electron chi connectivity index (χ2n) is 4.94. The van der Waals surface area contributed by atoms with Crippen LogP contribution in [0, 0.1) is 0 Å². The molecule has 5 nitrogen and oxygen atoms in total. The minimum atomic E-state index is -4.28. The second kappa shape index (κ2) is 7.69. The summed E-state index contributed by atoms with van der Waals surface area (Å²) in [5.41, 5.74) is 0.314. The molecule has 0 atom stereocenters. The molecule has 23 heavy (non-hydrogen) atoms. The van der Waals surface area contributed by atoms with E-state index in [1.54, 1.807) is 12.1 Å². The summed E-state index contributed by atoms with van der Waals surface area (Å²) in [6, 6.07) is 6.29. The lowest BCUT2D eigenvalue weighted by Gasteiger charge is -2.26. The van der Waals surface area contributed by atoms with Gasteiger partial charge in [0, 0.05) is 18.0 Å². The highest BCUT2D eigenvalue weighted by atomic mass is 32.2. The Kier molecular flexibility index (Phi) is 5.89. The van der Waals surface area contributed by atoms with Crippen LogP contribution in [-0.2, 0) is 9.59 Å². The van der Waals surface area contributed by atoms with Gasteiger partial charge in [0.05, 0.1) is 24.5 Å². The lowest BCUT2D eigenvalue weighted by Crippen LogP contribution is -2.50. The molecule has 0 aromatic heterocycles. The first kappa shape index (κ1) is 17.6. The monoisotopic (exact) mass is 347 g/mol. The van der Waals surface area contributed by atoms with Crippen molar-refractivity contribution in [3.05, 3.63) is 24.3 Å². The van der Waals surface area contributed by atoms with Gasteiger partial charge in [-0.1, -0.05) is 12.1 Å². The number of thioether (sulfide) groups is 1. The SMILES string of the molecule is O=C(CN1CCNCC1=O)Nc1ccccc1SCC(F)(F)F. The summed E-state index contributed by atoms with van der Waals surface area (Å²) in [6.07, 6.45) is -4.28. The third-order valence-electron chi connectivity index (χ3n) is 3.07. The Morgan fingerprint density at radius 2 is 2.09 bits per heavy atom. The molecule has 2 rings (SSSR count). The van der Waals surface area contributed by atoms with E-state index in [0.29, 0.717) is 35.4 Å². The summed E-state index contributed by atoms with van der Waals surface area (Å²) in [5.74, 6) is -1.64. The van der Waals surface area contributed by atoms with E-state index in [0.717, 1.165) is 0 Å². The molecule has 9 heteroatoms. The van der Waals surface area contributed by atoms with Crippen molar-refractivity contribution in [1.29, 1.82) is 0 Å². The first-order valence-corrected chi connectivity index (χ1v) is 7.90. The predicted molar refractivity (Wildman–Crippen MR) is 81.3 cm³/mol. The molecule has 0 unspecified atom stereocenters. The summed E-state index contributed by atoms with van der Waals surface area (Å²) in [4.78, 5) is 25.4. The maximum Gasteiger partial charge on any atom is 0.398 e. The number of nitrogens with one attached hydrogen (secondary N) is 2. The highest BCUT2D eigenvalue weighted by Crippen LogP contribution is 2.32. The molecule has 1 fully saturated rings. The van der Waals surface area contributed by atoms with E-state index < -0.39 is 17.8 Å². The van der Waals surface area contributed by atoms with Crippen LogP contribution >= 0.6 is 11.8 Å². The van der Waals surface area contributed by atoms with Crippen molar-refractivity contribution in [2.45, 2.75) is 11.1 Å². The largest absolute Gasteiger partial charge is 0.398 e. The molecule has 2 N–H and O–H groups in total. The molecule has 1 aliphatic rings. The number of rotatable bonds is 5. The van der Waals surface area contributed by atoms with Gasteiger partial charge in [-0.25, -0.2) is 0 Å². The second-order valence-corrected chi connectivity index (χ2v) is 5.96. The number of anilines is 1. The first-order chi connectivity index (χ1) is 10.8. The Balaban J connectivity index is 1.96. The Morgan fingerprint density at radius 1 is 1.35 bits per heavy atom. The number of halogens is 3. The number of amides is 2. The summed E-state index contributed by atoms with van der Waals surface area (Å²) in [6.45, 7) is 1.11. The summed E-state index contributed by atoms with van der Waals surface area (Å²) < 4.78 is 37.0. The van der Waals surface area contributed by atoms with Crippen LogP contribution < -0.4 is 10.6 Å². The van der Waals surface area contributed by atoms with Gasteiger partial charge in [-0.15, -0.1) is 11.8 Å². The fraction of sp³-hybridized carbons (Fsp3) is 0.429. The Bertz CT molecular complexity index is 581. The number of para-hydroxylation sites is 1. The summed E-state index contributed by atoms with van der Waals surface area (Å²) in [7, 11) is 0. The average Bonchev–Trinajstić information content (AvgIpc) is 2.48. The normalized spacial score (nSPS) is 15.6. The molecule has 1 aromatic carbocycles. The number of piperazine rings is 1.